The van der Waals surface area contributed by atoms with Crippen LogP contribution in [0.5, 0.6) is 5.75 Å². The van der Waals surface area contributed by atoms with Crippen LogP contribution < -0.4 is 5.32 Å². The maximum Gasteiger partial charge on any atom is 0.325 e. The zero-order valence-electron chi connectivity index (χ0n) is 12.1. The molecule has 0 atom stereocenters. The first kappa shape index (κ1) is 13.9. The van der Waals surface area contributed by atoms with Gasteiger partial charge in [0.2, 0.25) is 0 Å². The van der Waals surface area contributed by atoms with Crippen LogP contribution in [-0.4, -0.2) is 27.5 Å². The third-order valence-electron chi connectivity index (χ3n) is 4.78. The largest absolute Gasteiger partial charge is 0.508 e. The average Bonchev–Trinajstić information content (AvgIpc) is 2.68. The lowest BCUT2D eigenvalue weighted by molar-refractivity contribution is -0.128. The molecule has 2 fully saturated rings. The van der Waals surface area contributed by atoms with Crippen LogP contribution in [0.15, 0.2) is 24.3 Å². The lowest BCUT2D eigenvalue weighted by Crippen LogP contribution is -2.51. The lowest BCUT2D eigenvalue weighted by Gasteiger charge is -2.40. The van der Waals surface area contributed by atoms with Gasteiger partial charge in [0.15, 0.2) is 0 Å². The van der Waals surface area contributed by atoms with Crippen molar-refractivity contribution in [2.45, 2.75) is 44.7 Å². The first-order chi connectivity index (χ1) is 10.0. The van der Waals surface area contributed by atoms with Crippen LogP contribution in [0.2, 0.25) is 0 Å². The SMILES string of the molecule is CC1CCC2(CC1)C(=O)NC(=O)N2Cc1ccc(O)cc1. The molecule has 1 saturated heterocycles. The van der Waals surface area contributed by atoms with E-state index in [-0.39, 0.29) is 17.7 Å². The van der Waals surface area contributed by atoms with Crippen molar-refractivity contribution in [3.8, 4) is 5.75 Å². The Bertz CT molecular complexity index is 559. The van der Waals surface area contributed by atoms with Crippen molar-refractivity contribution in [3.63, 3.8) is 0 Å². The number of phenols is 1. The van der Waals surface area contributed by atoms with Gasteiger partial charge < -0.3 is 10.0 Å². The van der Waals surface area contributed by atoms with Crippen LogP contribution in [0.4, 0.5) is 4.79 Å². The van der Waals surface area contributed by atoms with Gasteiger partial charge in [-0.25, -0.2) is 4.79 Å². The summed E-state index contributed by atoms with van der Waals surface area (Å²) in [5.74, 6) is 0.648. The van der Waals surface area contributed by atoms with E-state index in [0.717, 1.165) is 31.2 Å². The Morgan fingerprint density at radius 3 is 2.48 bits per heavy atom. The second-order valence-electron chi connectivity index (χ2n) is 6.23. The Hall–Kier alpha value is -2.04. The van der Waals surface area contributed by atoms with Crippen molar-refractivity contribution >= 4 is 11.9 Å². The number of urea groups is 1. The van der Waals surface area contributed by atoms with E-state index in [4.69, 9.17) is 0 Å². The predicted molar refractivity (Wildman–Crippen MR) is 77.6 cm³/mol. The molecule has 1 spiro atoms. The topological polar surface area (TPSA) is 69.6 Å². The lowest BCUT2D eigenvalue weighted by atomic mass is 9.76. The van der Waals surface area contributed by atoms with Gasteiger partial charge in [-0.2, -0.15) is 0 Å². The van der Waals surface area contributed by atoms with Gasteiger partial charge in [-0.3, -0.25) is 10.1 Å². The van der Waals surface area contributed by atoms with E-state index in [1.807, 2.05) is 0 Å². The Morgan fingerprint density at radius 1 is 1.24 bits per heavy atom. The molecule has 1 aromatic rings. The highest BCUT2D eigenvalue weighted by atomic mass is 16.3. The van der Waals surface area contributed by atoms with E-state index in [1.54, 1.807) is 29.2 Å². The highest BCUT2D eigenvalue weighted by molar-refractivity contribution is 6.07. The molecule has 1 heterocycles. The second kappa shape index (κ2) is 5.06. The maximum absolute atomic E-state index is 12.3. The van der Waals surface area contributed by atoms with E-state index in [0.29, 0.717) is 12.5 Å². The summed E-state index contributed by atoms with van der Waals surface area (Å²) in [5, 5.41) is 11.8. The summed E-state index contributed by atoms with van der Waals surface area (Å²) >= 11 is 0. The number of hydrogen-bond acceptors (Lipinski definition) is 3. The summed E-state index contributed by atoms with van der Waals surface area (Å²) in [5.41, 5.74) is 0.234. The van der Waals surface area contributed by atoms with E-state index in [1.165, 1.54) is 0 Å². The minimum Gasteiger partial charge on any atom is -0.508 e. The minimum absolute atomic E-state index is 0.154. The third-order valence-corrected chi connectivity index (χ3v) is 4.78. The molecule has 2 N–H and O–H groups in total. The Kier molecular flexibility index (Phi) is 3.35. The molecule has 1 aliphatic heterocycles. The highest BCUT2D eigenvalue weighted by Crippen LogP contribution is 2.40. The molecule has 3 amide bonds. The van der Waals surface area contributed by atoms with E-state index < -0.39 is 5.54 Å². The fourth-order valence-corrected chi connectivity index (χ4v) is 3.34. The van der Waals surface area contributed by atoms with E-state index >= 15 is 0 Å². The number of phenolic OH excluding ortho intramolecular Hbond substituents is 1. The maximum atomic E-state index is 12.3. The monoisotopic (exact) mass is 288 g/mol. The molecule has 2 aliphatic rings. The normalized spacial score (nSPS) is 29.0. The zero-order chi connectivity index (χ0) is 15.0. The number of imide groups is 1. The number of aromatic hydroxyl groups is 1. The number of carbonyl (C=O) groups excluding carboxylic acids is 2. The summed E-state index contributed by atoms with van der Waals surface area (Å²) in [4.78, 5) is 26.1. The number of carbonyl (C=O) groups is 2. The number of rotatable bonds is 2. The predicted octanol–water partition coefficient (Wildman–Crippen LogP) is 2.39. The molecular weight excluding hydrogens is 268 g/mol. The van der Waals surface area contributed by atoms with Crippen LogP contribution in [-0.2, 0) is 11.3 Å². The van der Waals surface area contributed by atoms with Crippen LogP contribution >= 0.6 is 0 Å². The third kappa shape index (κ3) is 2.37. The number of hydrogen-bond donors (Lipinski definition) is 2. The van der Waals surface area contributed by atoms with Crippen molar-refractivity contribution in [2.24, 2.45) is 5.92 Å². The molecule has 0 bridgehead atoms. The highest BCUT2D eigenvalue weighted by Gasteiger charge is 2.53. The average molecular weight is 288 g/mol. The molecular formula is C16H20N2O3. The molecule has 5 heteroatoms. The summed E-state index contributed by atoms with van der Waals surface area (Å²) in [6.07, 6.45) is 3.38. The van der Waals surface area contributed by atoms with Crippen LogP contribution in [0.1, 0.15) is 38.2 Å². The van der Waals surface area contributed by atoms with Crippen molar-refractivity contribution in [3.05, 3.63) is 29.8 Å². The van der Waals surface area contributed by atoms with Crippen LogP contribution in [0.3, 0.4) is 0 Å². The summed E-state index contributed by atoms with van der Waals surface area (Å²) < 4.78 is 0. The molecule has 0 aromatic heterocycles. The molecule has 21 heavy (non-hydrogen) atoms. The fourth-order valence-electron chi connectivity index (χ4n) is 3.34. The quantitative estimate of drug-likeness (QED) is 0.821. The molecule has 1 aromatic carbocycles. The first-order valence-corrected chi connectivity index (χ1v) is 7.42. The molecule has 1 saturated carbocycles. The van der Waals surface area contributed by atoms with Crippen molar-refractivity contribution in [2.75, 3.05) is 0 Å². The van der Waals surface area contributed by atoms with E-state index in [9.17, 15) is 14.7 Å². The van der Waals surface area contributed by atoms with Gasteiger partial charge in [0, 0.05) is 6.54 Å². The number of amides is 3. The van der Waals surface area contributed by atoms with Gasteiger partial charge in [-0.1, -0.05) is 19.1 Å². The van der Waals surface area contributed by atoms with Gasteiger partial charge in [0.25, 0.3) is 5.91 Å². The van der Waals surface area contributed by atoms with Gasteiger partial charge in [-0.05, 0) is 49.3 Å². The number of nitrogens with zero attached hydrogens (tertiary/aromatic N) is 1. The second-order valence-corrected chi connectivity index (χ2v) is 6.23. The van der Waals surface area contributed by atoms with E-state index in [2.05, 4.69) is 12.2 Å². The van der Waals surface area contributed by atoms with Gasteiger partial charge >= 0.3 is 6.03 Å². The Balaban J connectivity index is 1.85. The smallest absolute Gasteiger partial charge is 0.325 e. The Morgan fingerprint density at radius 2 is 1.86 bits per heavy atom. The standard InChI is InChI=1S/C16H20N2O3/c1-11-6-8-16(9-7-11)14(20)17-15(21)18(16)10-12-2-4-13(19)5-3-12/h2-5,11,19H,6-10H2,1H3,(H,17,20,21). The number of benzene rings is 1. The van der Waals surface area contributed by atoms with Crippen LogP contribution in [0.25, 0.3) is 0 Å². The Labute approximate surface area is 123 Å². The van der Waals surface area contributed by atoms with Gasteiger partial charge in [0.05, 0.1) is 0 Å². The van der Waals surface area contributed by atoms with Crippen molar-refractivity contribution in [1.29, 1.82) is 0 Å². The number of nitrogens with one attached hydrogen (secondary N) is 1. The summed E-state index contributed by atoms with van der Waals surface area (Å²) in [7, 11) is 0. The molecule has 5 nitrogen and oxygen atoms in total. The van der Waals surface area contributed by atoms with Gasteiger partial charge in [0.1, 0.15) is 11.3 Å². The van der Waals surface area contributed by atoms with Gasteiger partial charge in [-0.15, -0.1) is 0 Å². The summed E-state index contributed by atoms with van der Waals surface area (Å²) in [6.45, 7) is 2.58. The summed E-state index contributed by atoms with van der Waals surface area (Å²) in [6, 6.07) is 6.46. The van der Waals surface area contributed by atoms with Crippen LogP contribution in [0, 0.1) is 5.92 Å². The molecule has 1 aliphatic carbocycles. The van der Waals surface area contributed by atoms with Crippen molar-refractivity contribution in [1.82, 2.24) is 10.2 Å². The van der Waals surface area contributed by atoms with Crippen molar-refractivity contribution < 1.29 is 14.7 Å². The molecule has 0 unspecified atom stereocenters. The molecule has 0 radical (unpaired) electrons. The minimum atomic E-state index is -0.679. The zero-order valence-corrected chi connectivity index (χ0v) is 12.1. The fraction of sp³-hybridized carbons (Fsp3) is 0.500. The first-order valence-electron chi connectivity index (χ1n) is 7.42. The molecule has 112 valence electrons. The molecule has 3 rings (SSSR count).